The molecule has 332 valence electrons. The minimum absolute atomic E-state index is 0.00103. The molecule has 0 bridgehead atoms. The van der Waals surface area contributed by atoms with Crippen molar-refractivity contribution in [1.82, 2.24) is 5.32 Å². The van der Waals surface area contributed by atoms with E-state index in [9.17, 15) is 19.4 Å². The van der Waals surface area contributed by atoms with Gasteiger partial charge in [-0.3, -0.25) is 9.36 Å². The largest absolute Gasteiger partial charge is 0.756 e. The number of aliphatic hydroxyl groups excluding tert-OH is 1. The van der Waals surface area contributed by atoms with Crippen molar-refractivity contribution in [2.24, 2.45) is 0 Å². The Kier molecular flexibility index (Phi) is 38.4. The molecular weight excluding hydrogens is 732 g/mol. The minimum atomic E-state index is -4.58. The summed E-state index contributed by atoms with van der Waals surface area (Å²) in [7, 11) is 1.26. The number of rotatable bonds is 41. The molecule has 3 unspecified atom stereocenters. The van der Waals surface area contributed by atoms with Crippen LogP contribution in [0.15, 0.2) is 60.8 Å². The second-order valence-electron chi connectivity index (χ2n) is 16.7. The fraction of sp³-hybridized carbons (Fsp3) is 0.771. The lowest BCUT2D eigenvalue weighted by molar-refractivity contribution is -0.870. The maximum atomic E-state index is 12.9. The third kappa shape index (κ3) is 42.1. The van der Waals surface area contributed by atoms with Crippen LogP contribution in [0.2, 0.25) is 0 Å². The highest BCUT2D eigenvalue weighted by Gasteiger charge is 2.24. The third-order valence-electron chi connectivity index (χ3n) is 10.0. The molecule has 0 aromatic rings. The Hall–Kier alpha value is -1.80. The Morgan fingerprint density at radius 2 is 1.05 bits per heavy atom. The molecular formula is C48H89N2O6P. The van der Waals surface area contributed by atoms with E-state index in [0.717, 1.165) is 57.8 Å². The predicted octanol–water partition coefficient (Wildman–Crippen LogP) is 12.4. The Bertz CT molecular complexity index is 1110. The number of carbonyl (C=O) groups excluding carboxylic acids is 1. The van der Waals surface area contributed by atoms with Gasteiger partial charge in [0.15, 0.2) is 0 Å². The van der Waals surface area contributed by atoms with Crippen molar-refractivity contribution in [1.29, 1.82) is 0 Å². The number of allylic oxidation sites excluding steroid dienone is 10. The maximum Gasteiger partial charge on any atom is 0.268 e. The van der Waals surface area contributed by atoms with Crippen LogP contribution in [0.1, 0.15) is 187 Å². The smallest absolute Gasteiger partial charge is 0.268 e. The van der Waals surface area contributed by atoms with E-state index in [0.29, 0.717) is 23.9 Å². The SMILES string of the molecule is CC/C=C\C/C=C\C/C=C\C/C=C\C/C=C\CCCC(=O)NC(COP(=O)([O-])OCC[N+](C)(C)C)C(O)CCCCCCCCCCCCCCCCCCCC. The summed E-state index contributed by atoms with van der Waals surface area (Å²) in [5.41, 5.74) is 0. The molecule has 0 aliphatic rings. The molecule has 0 fully saturated rings. The minimum Gasteiger partial charge on any atom is -0.756 e. The summed E-state index contributed by atoms with van der Waals surface area (Å²) in [6.45, 7) is 4.56. The van der Waals surface area contributed by atoms with Crippen LogP contribution in [-0.4, -0.2) is 68.5 Å². The first kappa shape index (κ1) is 55.2. The average molecular weight is 821 g/mol. The molecule has 1 amide bonds. The molecule has 9 heteroatoms. The van der Waals surface area contributed by atoms with E-state index in [1.807, 2.05) is 21.1 Å². The van der Waals surface area contributed by atoms with Crippen LogP contribution in [0.5, 0.6) is 0 Å². The number of hydrogen-bond acceptors (Lipinski definition) is 6. The molecule has 0 saturated carbocycles. The third-order valence-corrected chi connectivity index (χ3v) is 11.0. The Morgan fingerprint density at radius 3 is 1.49 bits per heavy atom. The summed E-state index contributed by atoms with van der Waals surface area (Å²) in [4.78, 5) is 25.3. The second kappa shape index (κ2) is 39.6. The van der Waals surface area contributed by atoms with Crippen LogP contribution >= 0.6 is 7.82 Å². The van der Waals surface area contributed by atoms with Crippen LogP contribution in [0, 0.1) is 0 Å². The van der Waals surface area contributed by atoms with Crippen molar-refractivity contribution in [3.8, 4) is 0 Å². The number of carbonyl (C=O) groups is 1. The number of quaternary nitrogens is 1. The first-order chi connectivity index (χ1) is 27.5. The van der Waals surface area contributed by atoms with Gasteiger partial charge in [0.1, 0.15) is 13.2 Å². The summed E-state index contributed by atoms with van der Waals surface area (Å²) < 4.78 is 23.3. The summed E-state index contributed by atoms with van der Waals surface area (Å²) in [5.74, 6) is -0.223. The van der Waals surface area contributed by atoms with Gasteiger partial charge in [0.25, 0.3) is 7.82 Å². The van der Waals surface area contributed by atoms with Crippen LogP contribution in [0.4, 0.5) is 0 Å². The van der Waals surface area contributed by atoms with E-state index < -0.39 is 20.0 Å². The van der Waals surface area contributed by atoms with Crippen LogP contribution in [0.3, 0.4) is 0 Å². The van der Waals surface area contributed by atoms with Gasteiger partial charge in [-0.15, -0.1) is 0 Å². The lowest BCUT2D eigenvalue weighted by Crippen LogP contribution is -2.46. The molecule has 0 heterocycles. The average Bonchev–Trinajstić information content (AvgIpc) is 3.16. The first-order valence-corrected chi connectivity index (χ1v) is 24.6. The molecule has 2 N–H and O–H groups in total. The van der Waals surface area contributed by atoms with Gasteiger partial charge in [0.05, 0.1) is 39.9 Å². The van der Waals surface area contributed by atoms with Crippen molar-refractivity contribution in [3.63, 3.8) is 0 Å². The van der Waals surface area contributed by atoms with Gasteiger partial charge in [-0.05, 0) is 51.4 Å². The quantitative estimate of drug-likeness (QED) is 0.0275. The zero-order valence-corrected chi connectivity index (χ0v) is 38.4. The number of amides is 1. The first-order valence-electron chi connectivity index (χ1n) is 23.1. The molecule has 57 heavy (non-hydrogen) atoms. The van der Waals surface area contributed by atoms with Crippen LogP contribution in [0.25, 0.3) is 0 Å². The van der Waals surface area contributed by atoms with Crippen LogP contribution < -0.4 is 10.2 Å². The normalized spacial score (nSPS) is 14.9. The van der Waals surface area contributed by atoms with Gasteiger partial charge in [-0.2, -0.15) is 0 Å². The molecule has 3 atom stereocenters. The van der Waals surface area contributed by atoms with E-state index in [1.54, 1.807) is 0 Å². The van der Waals surface area contributed by atoms with Crippen molar-refractivity contribution in [2.75, 3.05) is 40.9 Å². The Morgan fingerprint density at radius 1 is 0.632 bits per heavy atom. The molecule has 0 radical (unpaired) electrons. The molecule has 0 aromatic heterocycles. The van der Waals surface area contributed by atoms with Crippen molar-refractivity contribution in [3.05, 3.63) is 60.8 Å². The monoisotopic (exact) mass is 821 g/mol. The number of likely N-dealkylation sites (N-methyl/N-ethyl adjacent to an activating group) is 1. The number of unbranched alkanes of at least 4 members (excludes halogenated alkanes) is 18. The molecule has 0 spiro atoms. The number of phosphoric acid groups is 1. The van der Waals surface area contributed by atoms with Gasteiger partial charge in [0, 0.05) is 6.42 Å². The van der Waals surface area contributed by atoms with Gasteiger partial charge < -0.3 is 28.8 Å². The molecule has 0 aliphatic carbocycles. The standard InChI is InChI=1S/C48H89N2O6P/c1-6-8-10-12-14-16-18-20-22-24-26-27-29-31-33-35-37-39-41-47(51)46(45-56-57(53,54)55-44-43-50(3,4)5)49-48(52)42-40-38-36-34-32-30-28-25-23-21-19-17-15-13-11-9-7-2/h9,11,15,17,21,23,28,30,34,36,46-47,51H,6-8,10,12-14,16,18-20,22,24-27,29,31-33,35,37-45H2,1-5H3,(H-,49,52,53,54)/b11-9-,17-15-,23-21-,30-28-,36-34-. The van der Waals surface area contributed by atoms with Crippen LogP contribution in [-0.2, 0) is 18.4 Å². The maximum absolute atomic E-state index is 12.9. The van der Waals surface area contributed by atoms with Crippen molar-refractivity contribution < 1.29 is 32.9 Å². The summed E-state index contributed by atoms with van der Waals surface area (Å²) >= 11 is 0. The highest BCUT2D eigenvalue weighted by Crippen LogP contribution is 2.38. The van der Waals surface area contributed by atoms with Gasteiger partial charge >= 0.3 is 0 Å². The number of phosphoric ester groups is 1. The zero-order valence-electron chi connectivity index (χ0n) is 37.5. The van der Waals surface area contributed by atoms with E-state index in [1.165, 1.54) is 96.3 Å². The summed E-state index contributed by atoms with van der Waals surface area (Å²) in [6, 6.07) is -0.832. The number of hydrogen-bond donors (Lipinski definition) is 2. The molecule has 0 rings (SSSR count). The van der Waals surface area contributed by atoms with E-state index in [4.69, 9.17) is 9.05 Å². The predicted molar refractivity (Wildman–Crippen MR) is 242 cm³/mol. The lowest BCUT2D eigenvalue weighted by atomic mass is 10.0. The van der Waals surface area contributed by atoms with Gasteiger partial charge in [-0.1, -0.05) is 190 Å². The molecule has 8 nitrogen and oxygen atoms in total. The molecule has 0 aliphatic heterocycles. The van der Waals surface area contributed by atoms with E-state index in [-0.39, 0.29) is 25.5 Å². The highest BCUT2D eigenvalue weighted by molar-refractivity contribution is 7.45. The van der Waals surface area contributed by atoms with Crippen molar-refractivity contribution in [2.45, 2.75) is 199 Å². The highest BCUT2D eigenvalue weighted by atomic mass is 31.2. The Labute approximate surface area is 351 Å². The number of nitrogens with one attached hydrogen (secondary N) is 1. The topological polar surface area (TPSA) is 108 Å². The van der Waals surface area contributed by atoms with Gasteiger partial charge in [0.2, 0.25) is 5.91 Å². The number of aliphatic hydroxyl groups is 1. The van der Waals surface area contributed by atoms with E-state index >= 15 is 0 Å². The molecule has 0 saturated heterocycles. The number of nitrogens with zero attached hydrogens (tertiary/aromatic N) is 1. The van der Waals surface area contributed by atoms with Gasteiger partial charge in [-0.25, -0.2) is 0 Å². The second-order valence-corrected chi connectivity index (χ2v) is 18.1. The molecule has 0 aromatic carbocycles. The zero-order chi connectivity index (χ0) is 42.1. The summed E-state index contributed by atoms with van der Waals surface area (Å²) in [6.07, 6.45) is 50.9. The lowest BCUT2D eigenvalue weighted by Gasteiger charge is -2.30. The Balaban J connectivity index is 4.44. The fourth-order valence-electron chi connectivity index (χ4n) is 6.37. The van der Waals surface area contributed by atoms with Crippen molar-refractivity contribution >= 4 is 13.7 Å². The summed E-state index contributed by atoms with van der Waals surface area (Å²) in [5, 5.41) is 13.9. The fourth-order valence-corrected chi connectivity index (χ4v) is 7.09. The van der Waals surface area contributed by atoms with E-state index in [2.05, 4.69) is 79.9 Å².